The molecule has 4 nitrogen and oxygen atoms in total. The molecule has 1 aliphatic heterocycles. The van der Waals surface area contributed by atoms with Crippen molar-refractivity contribution in [3.05, 3.63) is 23.8 Å². The first-order valence-corrected chi connectivity index (χ1v) is 5.20. The lowest BCUT2D eigenvalue weighted by molar-refractivity contribution is 0.230. The molecule has 0 aromatic heterocycles. The van der Waals surface area contributed by atoms with Crippen molar-refractivity contribution in [2.24, 2.45) is 0 Å². The summed E-state index contributed by atoms with van der Waals surface area (Å²) >= 11 is 0. The standard InChI is InChI=1S/C11H16N2O2/c14-10-3-1-2-9(11(10)15)8-13-6-4-12-5-7-13/h1-3,12,14-15H,4-8H2. The molecule has 0 amide bonds. The highest BCUT2D eigenvalue weighted by Crippen LogP contribution is 2.28. The van der Waals surface area contributed by atoms with Crippen molar-refractivity contribution in [3.8, 4) is 11.5 Å². The number of hydrogen-bond donors (Lipinski definition) is 3. The van der Waals surface area contributed by atoms with Crippen molar-refractivity contribution in [2.75, 3.05) is 26.2 Å². The van der Waals surface area contributed by atoms with Crippen molar-refractivity contribution in [2.45, 2.75) is 6.54 Å². The highest BCUT2D eigenvalue weighted by molar-refractivity contribution is 5.44. The van der Waals surface area contributed by atoms with E-state index in [0.717, 1.165) is 31.7 Å². The summed E-state index contributed by atoms with van der Waals surface area (Å²) in [4.78, 5) is 2.25. The Morgan fingerprint density at radius 3 is 2.67 bits per heavy atom. The number of aromatic hydroxyl groups is 2. The van der Waals surface area contributed by atoms with E-state index in [4.69, 9.17) is 0 Å². The second-order valence-corrected chi connectivity index (χ2v) is 3.81. The summed E-state index contributed by atoms with van der Waals surface area (Å²) in [6.45, 7) is 4.63. The van der Waals surface area contributed by atoms with Crippen LogP contribution >= 0.6 is 0 Å². The molecule has 0 bridgehead atoms. The molecule has 1 aromatic rings. The Morgan fingerprint density at radius 1 is 1.20 bits per heavy atom. The van der Waals surface area contributed by atoms with E-state index >= 15 is 0 Å². The van der Waals surface area contributed by atoms with Crippen LogP contribution in [0.1, 0.15) is 5.56 Å². The zero-order chi connectivity index (χ0) is 10.7. The Bertz CT molecular complexity index is 335. The van der Waals surface area contributed by atoms with E-state index < -0.39 is 0 Å². The molecule has 82 valence electrons. The van der Waals surface area contributed by atoms with Crippen LogP contribution < -0.4 is 5.32 Å². The van der Waals surface area contributed by atoms with Crippen molar-refractivity contribution in [3.63, 3.8) is 0 Å². The Kier molecular flexibility index (Phi) is 3.08. The van der Waals surface area contributed by atoms with E-state index in [1.165, 1.54) is 6.07 Å². The zero-order valence-electron chi connectivity index (χ0n) is 8.61. The minimum Gasteiger partial charge on any atom is -0.504 e. The predicted molar refractivity (Wildman–Crippen MR) is 57.9 cm³/mol. The van der Waals surface area contributed by atoms with Gasteiger partial charge in [-0.25, -0.2) is 0 Å². The summed E-state index contributed by atoms with van der Waals surface area (Å²) in [5, 5.41) is 22.3. The molecule has 2 rings (SSSR count). The second kappa shape index (κ2) is 4.51. The molecule has 0 saturated carbocycles. The molecule has 3 N–H and O–H groups in total. The normalized spacial score (nSPS) is 17.9. The quantitative estimate of drug-likeness (QED) is 0.620. The first-order valence-electron chi connectivity index (χ1n) is 5.20. The molecule has 1 saturated heterocycles. The van der Waals surface area contributed by atoms with Gasteiger partial charge in [0.25, 0.3) is 0 Å². The summed E-state index contributed by atoms with van der Waals surface area (Å²) in [6, 6.07) is 5.10. The van der Waals surface area contributed by atoms with E-state index in [-0.39, 0.29) is 11.5 Å². The van der Waals surface area contributed by atoms with E-state index in [0.29, 0.717) is 6.54 Å². The van der Waals surface area contributed by atoms with Crippen LogP contribution in [0.5, 0.6) is 11.5 Å². The average molecular weight is 208 g/mol. The van der Waals surface area contributed by atoms with Crippen molar-refractivity contribution in [1.82, 2.24) is 10.2 Å². The van der Waals surface area contributed by atoms with E-state index in [1.54, 1.807) is 6.07 Å². The lowest BCUT2D eigenvalue weighted by Crippen LogP contribution is -2.42. The van der Waals surface area contributed by atoms with Crippen LogP contribution in [0.2, 0.25) is 0 Å². The van der Waals surface area contributed by atoms with Gasteiger partial charge in [0, 0.05) is 38.3 Å². The van der Waals surface area contributed by atoms with Crippen LogP contribution in [0.15, 0.2) is 18.2 Å². The Hall–Kier alpha value is -1.26. The number of nitrogens with one attached hydrogen (secondary N) is 1. The maximum atomic E-state index is 9.64. The van der Waals surface area contributed by atoms with Gasteiger partial charge in [-0.1, -0.05) is 12.1 Å². The zero-order valence-corrected chi connectivity index (χ0v) is 8.61. The van der Waals surface area contributed by atoms with E-state index in [1.807, 2.05) is 6.07 Å². The third-order valence-corrected chi connectivity index (χ3v) is 2.70. The molecule has 1 fully saturated rings. The number of hydrogen-bond acceptors (Lipinski definition) is 4. The van der Waals surface area contributed by atoms with Crippen LogP contribution in [0, 0.1) is 0 Å². The number of phenolic OH excluding ortho intramolecular Hbond substituents is 2. The van der Waals surface area contributed by atoms with Crippen molar-refractivity contribution >= 4 is 0 Å². The van der Waals surface area contributed by atoms with Gasteiger partial charge in [0.05, 0.1) is 0 Å². The lowest BCUT2D eigenvalue weighted by Gasteiger charge is -2.27. The van der Waals surface area contributed by atoms with Gasteiger partial charge in [0.15, 0.2) is 11.5 Å². The average Bonchev–Trinajstić information content (AvgIpc) is 2.26. The topological polar surface area (TPSA) is 55.7 Å². The van der Waals surface area contributed by atoms with Gasteiger partial charge in [-0.3, -0.25) is 4.90 Å². The van der Waals surface area contributed by atoms with Gasteiger partial charge >= 0.3 is 0 Å². The molecule has 15 heavy (non-hydrogen) atoms. The molecule has 0 aliphatic carbocycles. The summed E-state index contributed by atoms with van der Waals surface area (Å²) in [5.41, 5.74) is 0.789. The van der Waals surface area contributed by atoms with Crippen molar-refractivity contribution in [1.29, 1.82) is 0 Å². The number of benzene rings is 1. The molecule has 0 radical (unpaired) electrons. The third kappa shape index (κ3) is 2.40. The fraction of sp³-hybridized carbons (Fsp3) is 0.455. The Labute approximate surface area is 89.1 Å². The summed E-state index contributed by atoms with van der Waals surface area (Å²) in [6.07, 6.45) is 0. The smallest absolute Gasteiger partial charge is 0.161 e. The van der Waals surface area contributed by atoms with Crippen LogP contribution in [0.4, 0.5) is 0 Å². The van der Waals surface area contributed by atoms with E-state index in [9.17, 15) is 10.2 Å². The van der Waals surface area contributed by atoms with Crippen LogP contribution in [-0.4, -0.2) is 41.3 Å². The summed E-state index contributed by atoms with van der Waals surface area (Å²) < 4.78 is 0. The van der Waals surface area contributed by atoms with Gasteiger partial charge in [0.2, 0.25) is 0 Å². The van der Waals surface area contributed by atoms with Crippen LogP contribution in [-0.2, 0) is 6.54 Å². The Morgan fingerprint density at radius 2 is 1.93 bits per heavy atom. The second-order valence-electron chi connectivity index (χ2n) is 3.81. The van der Waals surface area contributed by atoms with Crippen LogP contribution in [0.25, 0.3) is 0 Å². The molecule has 1 aromatic carbocycles. The van der Waals surface area contributed by atoms with Gasteiger partial charge in [-0.05, 0) is 6.07 Å². The fourth-order valence-electron chi connectivity index (χ4n) is 1.82. The van der Waals surface area contributed by atoms with Crippen LogP contribution in [0.3, 0.4) is 0 Å². The lowest BCUT2D eigenvalue weighted by atomic mass is 10.1. The largest absolute Gasteiger partial charge is 0.504 e. The molecule has 1 aliphatic rings. The molecule has 0 spiro atoms. The van der Waals surface area contributed by atoms with Gasteiger partial charge in [0.1, 0.15) is 0 Å². The maximum Gasteiger partial charge on any atom is 0.161 e. The summed E-state index contributed by atoms with van der Waals surface area (Å²) in [7, 11) is 0. The number of rotatable bonds is 2. The van der Waals surface area contributed by atoms with Gasteiger partial charge in [-0.2, -0.15) is 0 Å². The number of para-hydroxylation sites is 1. The molecule has 1 heterocycles. The minimum atomic E-state index is -0.0392. The summed E-state index contributed by atoms with van der Waals surface area (Å²) in [5.74, 6) is -0.0290. The van der Waals surface area contributed by atoms with Gasteiger partial charge in [-0.15, -0.1) is 0 Å². The van der Waals surface area contributed by atoms with Crippen molar-refractivity contribution < 1.29 is 10.2 Å². The fourth-order valence-corrected chi connectivity index (χ4v) is 1.82. The molecule has 0 atom stereocenters. The number of piperazine rings is 1. The minimum absolute atomic E-state index is 0.0102. The third-order valence-electron chi connectivity index (χ3n) is 2.70. The highest BCUT2D eigenvalue weighted by atomic mass is 16.3. The molecule has 4 heteroatoms. The molecule has 0 unspecified atom stereocenters. The van der Waals surface area contributed by atoms with Gasteiger partial charge < -0.3 is 15.5 Å². The molecular formula is C11H16N2O2. The molecular weight excluding hydrogens is 192 g/mol. The number of nitrogens with zero attached hydrogens (tertiary/aromatic N) is 1. The number of phenols is 2. The first kappa shape index (κ1) is 10.3. The maximum absolute atomic E-state index is 9.64. The highest BCUT2D eigenvalue weighted by Gasteiger charge is 2.13. The Balaban J connectivity index is 2.06. The van der Waals surface area contributed by atoms with E-state index in [2.05, 4.69) is 10.2 Å². The SMILES string of the molecule is Oc1cccc(CN2CCNCC2)c1O. The first-order chi connectivity index (χ1) is 7.27. The predicted octanol–water partition coefficient (Wildman–Crippen LogP) is 0.503. The monoisotopic (exact) mass is 208 g/mol.